The van der Waals surface area contributed by atoms with E-state index in [4.69, 9.17) is 0 Å². The number of hydrogen-bond acceptors (Lipinski definition) is 3. The van der Waals surface area contributed by atoms with Crippen molar-refractivity contribution >= 4 is 21.7 Å². The van der Waals surface area contributed by atoms with Crippen LogP contribution in [0.15, 0.2) is 77.7 Å². The van der Waals surface area contributed by atoms with Crippen LogP contribution in [0.25, 0.3) is 0 Å². The number of aryl methyl sites for hydroxylation is 1. The van der Waals surface area contributed by atoms with E-state index in [1.54, 1.807) is 24.3 Å². The van der Waals surface area contributed by atoms with E-state index in [0.717, 1.165) is 22.3 Å². The number of hydrogen-bond donors (Lipinski definition) is 2. The average Bonchev–Trinajstić information content (AvgIpc) is 2.78. The minimum absolute atomic E-state index is 0.284. The zero-order chi connectivity index (χ0) is 21.8. The molecule has 0 saturated carbocycles. The van der Waals surface area contributed by atoms with Crippen LogP contribution in [0.3, 0.4) is 0 Å². The van der Waals surface area contributed by atoms with Crippen molar-refractivity contribution < 1.29 is 13.2 Å². The van der Waals surface area contributed by atoms with Gasteiger partial charge in [-0.05, 0) is 54.3 Å². The van der Waals surface area contributed by atoms with Crippen molar-refractivity contribution in [1.29, 1.82) is 0 Å². The van der Waals surface area contributed by atoms with E-state index in [-0.39, 0.29) is 12.6 Å². The van der Waals surface area contributed by atoms with Gasteiger partial charge in [-0.15, -0.1) is 0 Å². The number of rotatable bonds is 5. The van der Waals surface area contributed by atoms with Crippen LogP contribution in [-0.4, -0.2) is 25.3 Å². The smallest absolute Gasteiger partial charge is 0.319 e. The summed E-state index contributed by atoms with van der Waals surface area (Å²) in [6, 6.07) is 21.9. The third-order valence-corrected chi connectivity index (χ3v) is 7.26. The van der Waals surface area contributed by atoms with Gasteiger partial charge in [0.05, 0.1) is 4.90 Å². The SMILES string of the molecule is Cc1ccc(S(=O)(=O)N2CCc3ccc(NC(=O)NCc4ccccc4)cc3C2)cc1. The van der Waals surface area contributed by atoms with Crippen LogP contribution in [0.2, 0.25) is 0 Å². The van der Waals surface area contributed by atoms with Gasteiger partial charge in [-0.2, -0.15) is 4.31 Å². The number of carbonyl (C=O) groups excluding carboxylic acids is 1. The van der Waals surface area contributed by atoms with Gasteiger partial charge in [0, 0.05) is 25.3 Å². The third kappa shape index (κ3) is 4.95. The Bertz CT molecular complexity index is 1180. The fourth-order valence-corrected chi connectivity index (χ4v) is 5.05. The average molecular weight is 436 g/mol. The van der Waals surface area contributed by atoms with E-state index in [1.807, 2.05) is 55.5 Å². The van der Waals surface area contributed by atoms with Gasteiger partial charge in [-0.25, -0.2) is 13.2 Å². The second-order valence-electron chi connectivity index (χ2n) is 7.68. The summed E-state index contributed by atoms with van der Waals surface area (Å²) in [4.78, 5) is 12.6. The fourth-order valence-electron chi connectivity index (χ4n) is 3.63. The normalized spacial score (nSPS) is 14.0. The second kappa shape index (κ2) is 8.91. The molecule has 7 heteroatoms. The molecular weight excluding hydrogens is 410 g/mol. The van der Waals surface area contributed by atoms with E-state index in [1.165, 1.54) is 4.31 Å². The lowest BCUT2D eigenvalue weighted by atomic mass is 10.0. The molecule has 0 saturated heterocycles. The third-order valence-electron chi connectivity index (χ3n) is 5.40. The summed E-state index contributed by atoms with van der Waals surface area (Å²) >= 11 is 0. The highest BCUT2D eigenvalue weighted by atomic mass is 32.2. The first-order valence-electron chi connectivity index (χ1n) is 10.2. The summed E-state index contributed by atoms with van der Waals surface area (Å²) in [6.45, 7) is 3.08. The Morgan fingerprint density at radius 3 is 2.45 bits per heavy atom. The molecule has 0 spiro atoms. The number of carbonyl (C=O) groups is 1. The lowest BCUT2D eigenvalue weighted by Crippen LogP contribution is -2.36. The second-order valence-corrected chi connectivity index (χ2v) is 9.62. The molecule has 4 rings (SSSR count). The van der Waals surface area contributed by atoms with Gasteiger partial charge in [-0.3, -0.25) is 0 Å². The molecule has 0 unspecified atom stereocenters. The molecule has 0 fully saturated rings. The summed E-state index contributed by atoms with van der Waals surface area (Å²) < 4.78 is 27.6. The lowest BCUT2D eigenvalue weighted by Gasteiger charge is -2.28. The number of anilines is 1. The summed E-state index contributed by atoms with van der Waals surface area (Å²) in [7, 11) is -3.56. The van der Waals surface area contributed by atoms with Crippen LogP contribution in [0.1, 0.15) is 22.3 Å². The van der Waals surface area contributed by atoms with Crippen molar-refractivity contribution in [2.75, 3.05) is 11.9 Å². The molecule has 0 aliphatic carbocycles. The van der Waals surface area contributed by atoms with Crippen LogP contribution >= 0.6 is 0 Å². The maximum Gasteiger partial charge on any atom is 0.319 e. The molecule has 1 aliphatic rings. The van der Waals surface area contributed by atoms with Crippen LogP contribution in [0.5, 0.6) is 0 Å². The molecule has 0 aromatic heterocycles. The molecule has 1 aliphatic heterocycles. The van der Waals surface area contributed by atoms with Crippen molar-refractivity contribution in [3.63, 3.8) is 0 Å². The van der Waals surface area contributed by atoms with E-state index in [2.05, 4.69) is 10.6 Å². The number of benzene rings is 3. The highest BCUT2D eigenvalue weighted by molar-refractivity contribution is 7.89. The number of amides is 2. The van der Waals surface area contributed by atoms with Gasteiger partial charge >= 0.3 is 6.03 Å². The Morgan fingerprint density at radius 2 is 1.71 bits per heavy atom. The van der Waals surface area contributed by atoms with Crippen LogP contribution in [0, 0.1) is 6.92 Å². The van der Waals surface area contributed by atoms with E-state index in [9.17, 15) is 13.2 Å². The van der Waals surface area contributed by atoms with Crippen molar-refractivity contribution in [2.45, 2.75) is 31.3 Å². The monoisotopic (exact) mass is 435 g/mol. The number of fused-ring (bicyclic) bond motifs is 1. The van der Waals surface area contributed by atoms with Gasteiger partial charge in [0.2, 0.25) is 10.0 Å². The van der Waals surface area contributed by atoms with Gasteiger partial charge in [0.15, 0.2) is 0 Å². The molecular formula is C24H25N3O3S. The Labute approximate surface area is 183 Å². The zero-order valence-corrected chi connectivity index (χ0v) is 18.2. The number of nitrogens with zero attached hydrogens (tertiary/aromatic N) is 1. The first-order chi connectivity index (χ1) is 14.9. The number of nitrogens with one attached hydrogen (secondary N) is 2. The van der Waals surface area contributed by atoms with Crippen molar-refractivity contribution in [2.24, 2.45) is 0 Å². The first-order valence-corrected chi connectivity index (χ1v) is 11.6. The Kier molecular flexibility index (Phi) is 6.06. The van der Waals surface area contributed by atoms with Crippen LogP contribution < -0.4 is 10.6 Å². The Hall–Kier alpha value is -3.16. The quantitative estimate of drug-likeness (QED) is 0.634. The highest BCUT2D eigenvalue weighted by Gasteiger charge is 2.28. The Morgan fingerprint density at radius 1 is 0.968 bits per heavy atom. The molecule has 31 heavy (non-hydrogen) atoms. The minimum atomic E-state index is -3.56. The van der Waals surface area contributed by atoms with Crippen molar-refractivity contribution in [3.05, 3.63) is 95.1 Å². The topological polar surface area (TPSA) is 78.5 Å². The zero-order valence-electron chi connectivity index (χ0n) is 17.3. The van der Waals surface area contributed by atoms with E-state index >= 15 is 0 Å². The van der Waals surface area contributed by atoms with Crippen LogP contribution in [-0.2, 0) is 29.5 Å². The van der Waals surface area contributed by atoms with Gasteiger partial charge in [0.25, 0.3) is 0 Å². The largest absolute Gasteiger partial charge is 0.334 e. The molecule has 0 atom stereocenters. The summed E-state index contributed by atoms with van der Waals surface area (Å²) in [6.07, 6.45) is 0.640. The van der Waals surface area contributed by atoms with Crippen molar-refractivity contribution in [3.8, 4) is 0 Å². The number of sulfonamides is 1. The Balaban J connectivity index is 1.44. The number of urea groups is 1. The maximum absolute atomic E-state index is 13.0. The predicted octanol–water partition coefficient (Wildman–Crippen LogP) is 4.06. The first kappa shape index (κ1) is 21.1. The molecule has 0 radical (unpaired) electrons. The summed E-state index contributed by atoms with van der Waals surface area (Å²) in [5, 5.41) is 5.67. The minimum Gasteiger partial charge on any atom is -0.334 e. The fraction of sp³-hybridized carbons (Fsp3) is 0.208. The summed E-state index contributed by atoms with van der Waals surface area (Å²) in [5.41, 5.74) is 4.68. The van der Waals surface area contributed by atoms with E-state index in [0.29, 0.717) is 30.1 Å². The van der Waals surface area contributed by atoms with Gasteiger partial charge in [0.1, 0.15) is 0 Å². The molecule has 6 nitrogen and oxygen atoms in total. The molecule has 3 aromatic carbocycles. The molecule has 2 amide bonds. The molecule has 160 valence electrons. The summed E-state index contributed by atoms with van der Waals surface area (Å²) in [5.74, 6) is 0. The lowest BCUT2D eigenvalue weighted by molar-refractivity contribution is 0.251. The van der Waals surface area contributed by atoms with E-state index < -0.39 is 10.0 Å². The van der Waals surface area contributed by atoms with Gasteiger partial charge < -0.3 is 10.6 Å². The highest BCUT2D eigenvalue weighted by Crippen LogP contribution is 2.27. The van der Waals surface area contributed by atoms with Gasteiger partial charge in [-0.1, -0.05) is 54.1 Å². The predicted molar refractivity (Wildman–Crippen MR) is 121 cm³/mol. The molecule has 2 N–H and O–H groups in total. The molecule has 3 aromatic rings. The molecule has 1 heterocycles. The maximum atomic E-state index is 13.0. The molecule has 0 bridgehead atoms. The standard InChI is InChI=1S/C24H25N3O3S/c1-18-7-11-23(12-8-18)31(29,30)27-14-13-20-9-10-22(15-21(20)17-27)26-24(28)25-16-19-5-3-2-4-6-19/h2-12,15H,13-14,16-17H2,1H3,(H2,25,26,28). The van der Waals surface area contributed by atoms with Crippen molar-refractivity contribution in [1.82, 2.24) is 9.62 Å². The van der Waals surface area contributed by atoms with Crippen LogP contribution in [0.4, 0.5) is 10.5 Å².